The summed E-state index contributed by atoms with van der Waals surface area (Å²) in [5, 5.41) is 0. The predicted octanol–water partition coefficient (Wildman–Crippen LogP) is 1.64. The zero-order valence-electron chi connectivity index (χ0n) is 9.25. The smallest absolute Gasteiger partial charge is 0.246 e. The van der Waals surface area contributed by atoms with Gasteiger partial charge in [0.25, 0.3) is 0 Å². The summed E-state index contributed by atoms with van der Waals surface area (Å²) in [7, 11) is 0. The minimum absolute atomic E-state index is 0.0841. The maximum absolute atomic E-state index is 11.4. The molecular weight excluding hydrogens is 178 g/mol. The Morgan fingerprint density at radius 3 is 2.36 bits per heavy atom. The van der Waals surface area contributed by atoms with E-state index in [4.69, 9.17) is 0 Å². The van der Waals surface area contributed by atoms with Crippen molar-refractivity contribution in [2.24, 2.45) is 5.92 Å². The van der Waals surface area contributed by atoms with E-state index in [9.17, 15) is 9.59 Å². The molecule has 1 amide bonds. The van der Waals surface area contributed by atoms with Crippen LogP contribution in [0.4, 0.5) is 0 Å². The van der Waals surface area contributed by atoms with Crippen molar-refractivity contribution in [1.29, 1.82) is 0 Å². The van der Waals surface area contributed by atoms with Gasteiger partial charge in [-0.1, -0.05) is 27.4 Å². The van der Waals surface area contributed by atoms with Gasteiger partial charge in [-0.25, -0.2) is 0 Å². The first-order valence-corrected chi connectivity index (χ1v) is 4.94. The second-order valence-corrected chi connectivity index (χ2v) is 3.71. The summed E-state index contributed by atoms with van der Waals surface area (Å²) in [5.74, 6) is 0.282. The predicted molar refractivity (Wildman–Crippen MR) is 56.9 cm³/mol. The Labute approximate surface area is 85.8 Å². The van der Waals surface area contributed by atoms with E-state index >= 15 is 0 Å². The van der Waals surface area contributed by atoms with Gasteiger partial charge in [-0.05, 0) is 12.0 Å². The normalized spacial score (nSPS) is 10.0. The molecule has 0 rings (SSSR count). The third-order valence-corrected chi connectivity index (χ3v) is 1.83. The van der Waals surface area contributed by atoms with Gasteiger partial charge in [0, 0.05) is 13.0 Å². The molecule has 0 radical (unpaired) electrons. The average Bonchev–Trinajstić information content (AvgIpc) is 2.14. The van der Waals surface area contributed by atoms with Crippen molar-refractivity contribution in [1.82, 2.24) is 4.90 Å². The maximum atomic E-state index is 11.4. The third-order valence-electron chi connectivity index (χ3n) is 1.83. The molecule has 0 aliphatic heterocycles. The fourth-order valence-electron chi connectivity index (χ4n) is 1.13. The van der Waals surface area contributed by atoms with Crippen molar-refractivity contribution >= 4 is 11.7 Å². The van der Waals surface area contributed by atoms with E-state index in [0.717, 1.165) is 0 Å². The van der Waals surface area contributed by atoms with Gasteiger partial charge in [-0.15, -0.1) is 0 Å². The lowest BCUT2D eigenvalue weighted by molar-refractivity contribution is -0.131. The third kappa shape index (κ3) is 4.80. The van der Waals surface area contributed by atoms with E-state index in [1.165, 1.54) is 6.08 Å². The van der Waals surface area contributed by atoms with Crippen molar-refractivity contribution in [3.63, 3.8) is 0 Å². The van der Waals surface area contributed by atoms with E-state index in [0.29, 0.717) is 18.9 Å². The highest BCUT2D eigenvalue weighted by Crippen LogP contribution is 2.01. The SMILES string of the molecule is C=CC(=O)N(CC(=O)CC)CC(C)C. The van der Waals surface area contributed by atoms with Crippen LogP contribution in [0.1, 0.15) is 27.2 Å². The highest BCUT2D eigenvalue weighted by atomic mass is 16.2. The standard InChI is InChI=1S/C11H19NO2/c1-5-10(13)8-12(7-9(3)4)11(14)6-2/h6,9H,2,5,7-8H2,1,3-4H3. The molecule has 80 valence electrons. The molecule has 0 saturated heterocycles. The van der Waals surface area contributed by atoms with Crippen LogP contribution in [-0.4, -0.2) is 29.7 Å². The summed E-state index contributed by atoms with van der Waals surface area (Å²) in [4.78, 5) is 24.1. The number of ketones is 1. The number of Topliss-reactive ketones (excluding diaryl/α,β-unsaturated/α-hetero) is 1. The number of nitrogens with zero attached hydrogens (tertiary/aromatic N) is 1. The number of carbonyl (C=O) groups excluding carboxylic acids is 2. The topological polar surface area (TPSA) is 37.4 Å². The fourth-order valence-corrected chi connectivity index (χ4v) is 1.13. The lowest BCUT2D eigenvalue weighted by Gasteiger charge is -2.22. The van der Waals surface area contributed by atoms with E-state index in [1.54, 1.807) is 11.8 Å². The van der Waals surface area contributed by atoms with Crippen LogP contribution in [0.15, 0.2) is 12.7 Å². The van der Waals surface area contributed by atoms with Gasteiger partial charge in [0.15, 0.2) is 5.78 Å². The van der Waals surface area contributed by atoms with E-state index in [1.807, 2.05) is 13.8 Å². The molecule has 0 saturated carbocycles. The summed E-state index contributed by atoms with van der Waals surface area (Å²) < 4.78 is 0. The van der Waals surface area contributed by atoms with Gasteiger partial charge in [-0.2, -0.15) is 0 Å². The molecule has 0 unspecified atom stereocenters. The number of hydrogen-bond acceptors (Lipinski definition) is 2. The van der Waals surface area contributed by atoms with Crippen LogP contribution in [0.5, 0.6) is 0 Å². The number of rotatable bonds is 6. The lowest BCUT2D eigenvalue weighted by atomic mass is 10.2. The Morgan fingerprint density at radius 2 is 2.00 bits per heavy atom. The molecule has 3 nitrogen and oxygen atoms in total. The van der Waals surface area contributed by atoms with Crippen LogP contribution in [0.3, 0.4) is 0 Å². The van der Waals surface area contributed by atoms with Crippen LogP contribution in [-0.2, 0) is 9.59 Å². The first kappa shape index (κ1) is 12.9. The second-order valence-electron chi connectivity index (χ2n) is 3.71. The summed E-state index contributed by atoms with van der Waals surface area (Å²) in [6, 6.07) is 0. The maximum Gasteiger partial charge on any atom is 0.246 e. The molecule has 0 spiro atoms. The van der Waals surface area contributed by atoms with Crippen LogP contribution >= 0.6 is 0 Å². The highest BCUT2D eigenvalue weighted by Gasteiger charge is 2.14. The molecule has 0 aromatic carbocycles. The largest absolute Gasteiger partial charge is 0.332 e. The molecule has 0 aromatic heterocycles. The van der Waals surface area contributed by atoms with Gasteiger partial charge < -0.3 is 4.90 Å². The van der Waals surface area contributed by atoms with Gasteiger partial charge in [0.05, 0.1) is 6.54 Å². The summed E-state index contributed by atoms with van der Waals surface area (Å²) in [5.41, 5.74) is 0. The quantitative estimate of drug-likeness (QED) is 0.607. The van der Waals surface area contributed by atoms with Gasteiger partial charge in [-0.3, -0.25) is 9.59 Å². The Balaban J connectivity index is 4.31. The minimum Gasteiger partial charge on any atom is -0.332 e. The zero-order chi connectivity index (χ0) is 11.1. The van der Waals surface area contributed by atoms with Crippen molar-refractivity contribution < 1.29 is 9.59 Å². The molecule has 0 heterocycles. The molecule has 3 heteroatoms. The van der Waals surface area contributed by atoms with E-state index in [2.05, 4.69) is 6.58 Å². The van der Waals surface area contributed by atoms with Gasteiger partial charge in [0.2, 0.25) is 5.91 Å². The first-order chi connectivity index (χ1) is 6.51. The molecule has 0 N–H and O–H groups in total. The first-order valence-electron chi connectivity index (χ1n) is 4.94. The number of carbonyl (C=O) groups is 2. The molecular formula is C11H19NO2. The van der Waals surface area contributed by atoms with Gasteiger partial charge in [0.1, 0.15) is 0 Å². The summed E-state index contributed by atoms with van der Waals surface area (Å²) >= 11 is 0. The van der Waals surface area contributed by atoms with Crippen molar-refractivity contribution in [3.05, 3.63) is 12.7 Å². The fraction of sp³-hybridized carbons (Fsp3) is 0.636. The van der Waals surface area contributed by atoms with Crippen LogP contribution in [0, 0.1) is 5.92 Å². The molecule has 0 bridgehead atoms. The molecule has 0 fully saturated rings. The molecule has 0 atom stereocenters. The number of hydrogen-bond donors (Lipinski definition) is 0. The van der Waals surface area contributed by atoms with Crippen LogP contribution < -0.4 is 0 Å². The monoisotopic (exact) mass is 197 g/mol. The highest BCUT2D eigenvalue weighted by molar-refractivity contribution is 5.91. The lowest BCUT2D eigenvalue weighted by Crippen LogP contribution is -2.36. The van der Waals surface area contributed by atoms with E-state index in [-0.39, 0.29) is 18.2 Å². The zero-order valence-corrected chi connectivity index (χ0v) is 9.25. The Bertz CT molecular complexity index is 221. The van der Waals surface area contributed by atoms with Crippen LogP contribution in [0.2, 0.25) is 0 Å². The Kier molecular flexibility index (Phi) is 5.84. The molecule has 0 aliphatic rings. The van der Waals surface area contributed by atoms with E-state index < -0.39 is 0 Å². The van der Waals surface area contributed by atoms with Gasteiger partial charge >= 0.3 is 0 Å². The average molecular weight is 197 g/mol. The Hall–Kier alpha value is -1.12. The summed E-state index contributed by atoms with van der Waals surface area (Å²) in [6.45, 7) is 10.1. The van der Waals surface area contributed by atoms with Crippen molar-refractivity contribution in [3.8, 4) is 0 Å². The molecule has 0 aromatic rings. The van der Waals surface area contributed by atoms with Crippen LogP contribution in [0.25, 0.3) is 0 Å². The second kappa shape index (κ2) is 6.35. The number of amides is 1. The van der Waals surface area contributed by atoms with Crippen molar-refractivity contribution in [2.75, 3.05) is 13.1 Å². The Morgan fingerprint density at radius 1 is 1.43 bits per heavy atom. The summed E-state index contributed by atoms with van der Waals surface area (Å²) in [6.07, 6.45) is 1.73. The minimum atomic E-state index is -0.166. The molecule has 14 heavy (non-hydrogen) atoms. The molecule has 0 aliphatic carbocycles. The van der Waals surface area contributed by atoms with Crippen molar-refractivity contribution in [2.45, 2.75) is 27.2 Å².